The molecule has 6 rings (SSSR count). The van der Waals surface area contributed by atoms with Crippen molar-refractivity contribution in [2.75, 3.05) is 67.6 Å². The average molecular weight is 937 g/mol. The molecule has 6 aliphatic rings. The number of piperidine rings is 1. The Labute approximate surface area is 400 Å². The second-order valence-electron chi connectivity index (χ2n) is 19.9. The topological polar surface area (TPSA) is 123 Å². The van der Waals surface area contributed by atoms with Gasteiger partial charge in [-0.3, -0.25) is 14.5 Å². The zero-order valence-corrected chi connectivity index (χ0v) is 43.2. The van der Waals surface area contributed by atoms with Crippen molar-refractivity contribution in [3.8, 4) is 11.8 Å². The van der Waals surface area contributed by atoms with E-state index in [0.717, 1.165) is 84.1 Å². The van der Waals surface area contributed by atoms with Crippen LogP contribution < -0.4 is 16.4 Å². The summed E-state index contributed by atoms with van der Waals surface area (Å²) in [4.78, 5) is 32.5. The van der Waals surface area contributed by atoms with Gasteiger partial charge in [0, 0.05) is 57.1 Å². The van der Waals surface area contributed by atoms with Gasteiger partial charge in [-0.2, -0.15) is 13.2 Å². The van der Waals surface area contributed by atoms with Crippen LogP contribution >= 0.6 is 0 Å². The molecule has 0 spiro atoms. The molecular formula is C53H95F3N6O4. The maximum Gasteiger partial charge on any atom is 0.388 e. The molecule has 2 amide bonds. The highest BCUT2D eigenvalue weighted by Crippen LogP contribution is 2.39. The quantitative estimate of drug-likeness (QED) is 0.169. The van der Waals surface area contributed by atoms with E-state index in [1.54, 1.807) is 7.11 Å². The average Bonchev–Trinajstić information content (AvgIpc) is 3.30. The number of halogens is 3. The van der Waals surface area contributed by atoms with Crippen molar-refractivity contribution >= 4 is 11.8 Å². The molecule has 2 saturated heterocycles. The van der Waals surface area contributed by atoms with Crippen LogP contribution in [0.2, 0.25) is 0 Å². The second-order valence-corrected chi connectivity index (χ2v) is 19.9. The maximum absolute atomic E-state index is 13.6. The Kier molecular flexibility index (Phi) is 29.2. The van der Waals surface area contributed by atoms with Crippen LogP contribution in [-0.2, 0) is 14.3 Å². The number of nitrogens with two attached hydrogens (primary N) is 1. The molecule has 10 nitrogen and oxygen atoms in total. The molecule has 0 bridgehead atoms. The summed E-state index contributed by atoms with van der Waals surface area (Å²) in [5.41, 5.74) is 10.8. The molecule has 0 radical (unpaired) electrons. The van der Waals surface area contributed by atoms with Crippen LogP contribution in [0.3, 0.4) is 0 Å². The number of unbranched alkanes of at least 4 members (excludes halogenated alkanes) is 1. The number of rotatable bonds is 9. The molecule has 5 N–H and O–H groups in total. The van der Waals surface area contributed by atoms with Gasteiger partial charge in [-0.25, -0.2) is 0 Å². The predicted octanol–water partition coefficient (Wildman–Crippen LogP) is 9.27. The first-order valence-corrected chi connectivity index (χ1v) is 26.0. The van der Waals surface area contributed by atoms with Gasteiger partial charge in [0.2, 0.25) is 11.8 Å². The minimum atomic E-state index is -3.96. The fourth-order valence-corrected chi connectivity index (χ4v) is 10.3. The minimum Gasteiger partial charge on any atom is -0.394 e. The summed E-state index contributed by atoms with van der Waals surface area (Å²) in [7, 11) is 7.94. The van der Waals surface area contributed by atoms with E-state index in [0.29, 0.717) is 31.0 Å². The van der Waals surface area contributed by atoms with Crippen LogP contribution in [0.4, 0.5) is 13.2 Å². The Morgan fingerprint density at radius 3 is 2.24 bits per heavy atom. The van der Waals surface area contributed by atoms with Gasteiger partial charge in [-0.1, -0.05) is 83.8 Å². The Morgan fingerprint density at radius 2 is 1.67 bits per heavy atom. The molecule has 0 aromatic heterocycles. The molecule has 2 heterocycles. The van der Waals surface area contributed by atoms with E-state index in [-0.39, 0.29) is 54.5 Å². The zero-order valence-electron chi connectivity index (χ0n) is 43.2. The van der Waals surface area contributed by atoms with Crippen molar-refractivity contribution in [3.63, 3.8) is 0 Å². The number of aliphatic hydroxyl groups excluding tert-OH is 1. The van der Waals surface area contributed by atoms with Gasteiger partial charge in [0.05, 0.1) is 31.8 Å². The number of fused-ring (bicyclic) bond motifs is 2. The van der Waals surface area contributed by atoms with Gasteiger partial charge in [0.15, 0.2) is 0 Å². The number of hydrogen-bond acceptors (Lipinski definition) is 8. The molecular weight excluding hydrogens is 842 g/mol. The van der Waals surface area contributed by atoms with Crippen molar-refractivity contribution in [1.82, 2.24) is 25.3 Å². The fraction of sp³-hybridized carbons (Fsp3) is 0.849. The Balaban J connectivity index is 0.000000621. The number of likely N-dealkylation sites (tertiary alicyclic amines) is 1. The number of amides is 2. The number of aliphatic hydroxyl groups is 1. The number of hydrogen-bond donors (Lipinski definition) is 4. The number of nitrogens with one attached hydrogen (secondary N) is 2. The molecule has 4 aliphatic carbocycles. The van der Waals surface area contributed by atoms with Crippen molar-refractivity contribution in [2.45, 2.75) is 200 Å². The van der Waals surface area contributed by atoms with Gasteiger partial charge in [-0.05, 0) is 147 Å². The van der Waals surface area contributed by atoms with Crippen LogP contribution in [-0.4, -0.2) is 136 Å². The SMILES string of the molecule is CCC.CCC(F)(F)F.CCCC.CN1CCCCC1.COC1CC(C(=O)N(C)CC2CCC3CC(CO)NC(=O)CN(C)C3C2)CCC1NCC#CC(C)C1=C2C(=CCC1)CCCC2N. The van der Waals surface area contributed by atoms with E-state index < -0.39 is 12.6 Å². The number of nitrogens with zero attached hydrogens (tertiary/aromatic N) is 3. The molecule has 9 unspecified atom stereocenters. The monoisotopic (exact) mass is 937 g/mol. The third-order valence-corrected chi connectivity index (χ3v) is 14.2. The van der Waals surface area contributed by atoms with Gasteiger partial charge < -0.3 is 36.0 Å². The first kappa shape index (κ1) is 59.7. The highest BCUT2D eigenvalue weighted by atomic mass is 19.4. The lowest BCUT2D eigenvalue weighted by Gasteiger charge is -2.44. The molecule has 382 valence electrons. The van der Waals surface area contributed by atoms with Crippen molar-refractivity contribution in [3.05, 3.63) is 22.8 Å². The first-order valence-electron chi connectivity index (χ1n) is 26.0. The van der Waals surface area contributed by atoms with Gasteiger partial charge in [0.25, 0.3) is 0 Å². The Morgan fingerprint density at radius 1 is 1.00 bits per heavy atom. The van der Waals surface area contributed by atoms with E-state index in [4.69, 9.17) is 10.5 Å². The Hall–Kier alpha value is -2.47. The normalized spacial score (nSPS) is 28.5. The van der Waals surface area contributed by atoms with E-state index in [2.05, 4.69) is 80.0 Å². The lowest BCUT2D eigenvalue weighted by atomic mass is 9.74. The molecule has 9 atom stereocenters. The van der Waals surface area contributed by atoms with Crippen molar-refractivity contribution < 1.29 is 32.6 Å². The summed E-state index contributed by atoms with van der Waals surface area (Å²) in [6.07, 6.45) is 17.8. The summed E-state index contributed by atoms with van der Waals surface area (Å²) in [5.74, 6) is 8.14. The number of likely N-dealkylation sites (N-methyl/N-ethyl adjacent to an activating group) is 1. The third-order valence-electron chi connectivity index (χ3n) is 14.2. The van der Waals surface area contributed by atoms with Gasteiger partial charge in [0.1, 0.15) is 0 Å². The number of carbonyl (C=O) groups excluding carboxylic acids is 2. The second kappa shape index (κ2) is 32.4. The summed E-state index contributed by atoms with van der Waals surface area (Å²) in [5, 5.41) is 16.3. The van der Waals surface area contributed by atoms with Crippen LogP contribution in [0.5, 0.6) is 0 Å². The van der Waals surface area contributed by atoms with Crippen LogP contribution in [0, 0.1) is 35.5 Å². The summed E-state index contributed by atoms with van der Waals surface area (Å²) in [6.45, 7) is 16.3. The zero-order chi connectivity index (χ0) is 49.2. The van der Waals surface area contributed by atoms with Gasteiger partial charge >= 0.3 is 6.18 Å². The van der Waals surface area contributed by atoms with Crippen molar-refractivity contribution in [1.29, 1.82) is 0 Å². The highest BCUT2D eigenvalue weighted by molar-refractivity contribution is 5.79. The molecule has 5 fully saturated rings. The molecule has 0 aromatic rings. The fourth-order valence-electron chi connectivity index (χ4n) is 10.3. The molecule has 13 heteroatoms. The Bertz CT molecular complexity index is 1510. The summed E-state index contributed by atoms with van der Waals surface area (Å²) in [6, 6.07) is 0.481. The van der Waals surface area contributed by atoms with Crippen LogP contribution in [0.15, 0.2) is 22.8 Å². The maximum atomic E-state index is 13.6. The lowest BCUT2D eigenvalue weighted by molar-refractivity contribution is -0.138. The lowest BCUT2D eigenvalue weighted by Crippen LogP contribution is -2.54. The number of allylic oxidation sites excluding steroid dienone is 2. The molecule has 0 aromatic carbocycles. The molecule has 3 saturated carbocycles. The number of carbonyl (C=O) groups is 2. The smallest absolute Gasteiger partial charge is 0.388 e. The largest absolute Gasteiger partial charge is 0.394 e. The van der Waals surface area contributed by atoms with Crippen LogP contribution in [0.25, 0.3) is 0 Å². The predicted molar refractivity (Wildman–Crippen MR) is 266 cm³/mol. The first-order chi connectivity index (χ1) is 31.5. The molecule has 2 aliphatic heterocycles. The summed E-state index contributed by atoms with van der Waals surface area (Å²) >= 11 is 0. The minimum absolute atomic E-state index is 0.0142. The standard InChI is InChI=1S/C37H59N5O4.C6H13N.C4H10.C3H5F3.C3H8/c1-24(30-11-5-9-26-10-6-12-31(38)36(26)30)8-7-17-39-32-16-15-28(20-34(32)46-4)37(45)42(3)21-25-13-14-27-19-29(23-43)40-35(44)22-41(2)33(27)18-25;1-7-5-3-2-4-6-7;1-3-4-2;1-2-3(4,5)6;1-3-2/h9,24-25,27-29,31-34,39,43H,5-6,10-23,38H2,1-4H3,(H,40,44);2-6H2,1H3;3-4H2,1-2H3;2H2,1H3;3H2,1-2H3. The van der Waals surface area contributed by atoms with E-state index in [9.17, 15) is 27.9 Å². The van der Waals surface area contributed by atoms with E-state index in [1.807, 2.05) is 19.0 Å². The number of methoxy groups -OCH3 is 1. The number of alkyl halides is 3. The third kappa shape index (κ3) is 21.4. The van der Waals surface area contributed by atoms with Gasteiger partial charge in [-0.15, -0.1) is 0 Å². The highest BCUT2D eigenvalue weighted by Gasteiger charge is 2.39. The number of ether oxygens (including phenoxy) is 1. The van der Waals surface area contributed by atoms with Crippen LogP contribution in [0.1, 0.15) is 164 Å². The molecule has 66 heavy (non-hydrogen) atoms. The van der Waals surface area contributed by atoms with Crippen molar-refractivity contribution in [2.24, 2.45) is 29.4 Å². The van der Waals surface area contributed by atoms with E-state index >= 15 is 0 Å². The van der Waals surface area contributed by atoms with E-state index in [1.165, 1.54) is 74.8 Å². The summed E-state index contributed by atoms with van der Waals surface area (Å²) < 4.78 is 38.3.